The van der Waals surface area contributed by atoms with Crippen LogP contribution in [0.4, 0.5) is 4.79 Å². The second-order valence-corrected chi connectivity index (χ2v) is 20.3. The SMILES string of the molecule is C=C[C@@H]1C[C@]1(NC(=O)[C@@H]1C[C@@H]2CN1C(=O)[C@H](C(C)(C)C)NC(=O)OC(C)(C)CCCCCCc1cccc(c1)-c1nn2nc1-c1ccccc1)C(=O)NS(=O)(=O)C1CC1. The molecule has 3 aromatic rings. The fourth-order valence-corrected chi connectivity index (χ4v) is 9.70. The van der Waals surface area contributed by atoms with Crippen molar-refractivity contribution >= 4 is 33.8 Å². The second-order valence-electron chi connectivity index (χ2n) is 18.4. The van der Waals surface area contributed by atoms with Gasteiger partial charge in [0.15, 0.2) is 0 Å². The van der Waals surface area contributed by atoms with E-state index >= 15 is 0 Å². The highest BCUT2D eigenvalue weighted by atomic mass is 32.2. The standard InChI is InChI=1S/C44H57N7O7S/c1-7-31-26-44(31,40(54)49-59(56,57)33-21-22-33)46-38(52)34-25-32-27-50(34)39(53)37(42(2,3)4)45-41(55)58-43(5,6)23-14-9-8-11-16-28-17-15-20-30(24-28)36-35(47-51(32)48-36)29-18-12-10-13-19-29/h7,10,12-13,15,17-20,24,31-34,37H,1,8-9,11,14,16,21-23,25-27H2,2-6H3,(H,45,55)(H,46,52)(H,49,54)/t31-,32-,34+,37-,44-/m1/s1. The summed E-state index contributed by atoms with van der Waals surface area (Å²) < 4.78 is 33.8. The molecule has 15 heteroatoms. The minimum atomic E-state index is -3.91. The maximum absolute atomic E-state index is 14.9. The van der Waals surface area contributed by atoms with E-state index < -0.39 is 79.7 Å². The van der Waals surface area contributed by atoms with Crippen LogP contribution >= 0.6 is 0 Å². The number of nitrogens with one attached hydrogen (secondary N) is 3. The highest BCUT2D eigenvalue weighted by Gasteiger charge is 2.62. The van der Waals surface area contributed by atoms with Crippen LogP contribution in [0.1, 0.15) is 104 Å². The van der Waals surface area contributed by atoms with Gasteiger partial charge in [-0.25, -0.2) is 13.2 Å². The zero-order valence-electron chi connectivity index (χ0n) is 34.7. The third kappa shape index (κ3) is 9.24. The Morgan fingerprint density at radius 3 is 2.31 bits per heavy atom. The number of ether oxygens (including phenoxy) is 1. The van der Waals surface area contributed by atoms with Crippen molar-refractivity contribution in [1.29, 1.82) is 0 Å². The van der Waals surface area contributed by atoms with E-state index in [0.717, 1.165) is 43.2 Å². The lowest BCUT2D eigenvalue weighted by molar-refractivity contribution is -0.143. The van der Waals surface area contributed by atoms with E-state index in [0.29, 0.717) is 30.7 Å². The minimum Gasteiger partial charge on any atom is -0.444 e. The maximum Gasteiger partial charge on any atom is 0.408 e. The van der Waals surface area contributed by atoms with Gasteiger partial charge in [-0.3, -0.25) is 19.1 Å². The van der Waals surface area contributed by atoms with Gasteiger partial charge in [-0.2, -0.15) is 15.0 Å². The van der Waals surface area contributed by atoms with Crippen molar-refractivity contribution in [1.82, 2.24) is 35.2 Å². The van der Waals surface area contributed by atoms with Crippen LogP contribution in [0.15, 0.2) is 67.3 Å². The Balaban J connectivity index is 1.28. The quantitative estimate of drug-likeness (QED) is 0.246. The number of aromatic nitrogens is 3. The summed E-state index contributed by atoms with van der Waals surface area (Å²) in [5.41, 5.74) is 1.05. The van der Waals surface area contributed by atoms with Gasteiger partial charge in [-0.05, 0) is 75.8 Å². The largest absolute Gasteiger partial charge is 0.444 e. The Bertz CT molecular complexity index is 2210. The van der Waals surface area contributed by atoms with Crippen molar-refractivity contribution in [2.24, 2.45) is 11.3 Å². The van der Waals surface area contributed by atoms with E-state index in [4.69, 9.17) is 14.9 Å². The van der Waals surface area contributed by atoms with Crippen LogP contribution in [0.3, 0.4) is 0 Å². The molecule has 7 rings (SSSR count). The van der Waals surface area contributed by atoms with E-state index in [2.05, 4.69) is 34.1 Å². The van der Waals surface area contributed by atoms with Crippen LogP contribution in [0.25, 0.3) is 22.5 Å². The third-order valence-electron chi connectivity index (χ3n) is 12.1. The number of carbonyl (C=O) groups is 4. The zero-order chi connectivity index (χ0) is 42.3. The number of carbonyl (C=O) groups excluding carboxylic acids is 4. The summed E-state index contributed by atoms with van der Waals surface area (Å²) in [6, 6.07) is 15.2. The zero-order valence-corrected chi connectivity index (χ0v) is 35.5. The van der Waals surface area contributed by atoms with Crippen LogP contribution in [0.2, 0.25) is 0 Å². The van der Waals surface area contributed by atoms with E-state index in [9.17, 15) is 27.6 Å². The summed E-state index contributed by atoms with van der Waals surface area (Å²) in [4.78, 5) is 59.8. The molecular weight excluding hydrogens is 771 g/mol. The number of aryl methyl sites for hydroxylation is 1. The van der Waals surface area contributed by atoms with Crippen molar-refractivity contribution < 1.29 is 32.3 Å². The summed E-state index contributed by atoms with van der Waals surface area (Å²) in [5, 5.41) is 15.1. The molecule has 316 valence electrons. The number of nitrogens with zero attached hydrogens (tertiary/aromatic N) is 4. The van der Waals surface area contributed by atoms with Gasteiger partial charge in [-0.1, -0.05) is 88.2 Å². The molecule has 3 fully saturated rings. The van der Waals surface area contributed by atoms with Gasteiger partial charge in [0, 0.05) is 30.0 Å². The van der Waals surface area contributed by atoms with Gasteiger partial charge in [-0.15, -0.1) is 6.58 Å². The fourth-order valence-electron chi connectivity index (χ4n) is 8.33. The first-order chi connectivity index (χ1) is 27.9. The molecule has 0 radical (unpaired) electrons. The van der Waals surface area contributed by atoms with Gasteiger partial charge in [0.2, 0.25) is 21.8 Å². The highest BCUT2D eigenvalue weighted by molar-refractivity contribution is 7.91. The van der Waals surface area contributed by atoms with Gasteiger partial charge in [0.1, 0.15) is 34.6 Å². The molecule has 2 saturated carbocycles. The predicted octanol–water partition coefficient (Wildman–Crippen LogP) is 5.85. The van der Waals surface area contributed by atoms with E-state index in [-0.39, 0.29) is 19.4 Å². The van der Waals surface area contributed by atoms with E-state index in [1.54, 1.807) is 4.80 Å². The number of benzene rings is 2. The highest BCUT2D eigenvalue weighted by Crippen LogP contribution is 2.46. The van der Waals surface area contributed by atoms with Crippen molar-refractivity contribution in [3.63, 3.8) is 0 Å². The minimum absolute atomic E-state index is 0.00819. The summed E-state index contributed by atoms with van der Waals surface area (Å²) in [7, 11) is -3.91. The van der Waals surface area contributed by atoms with Crippen LogP contribution in [-0.2, 0) is 35.6 Å². The van der Waals surface area contributed by atoms with Crippen molar-refractivity contribution in [2.75, 3.05) is 6.54 Å². The number of hydrogen-bond acceptors (Lipinski definition) is 9. The Hall–Kier alpha value is -5.05. The number of cyclic esters (lactones) is 1. The topological polar surface area (TPSA) is 182 Å². The predicted molar refractivity (Wildman–Crippen MR) is 223 cm³/mol. The van der Waals surface area contributed by atoms with Gasteiger partial charge >= 0.3 is 6.09 Å². The lowest BCUT2D eigenvalue weighted by Crippen LogP contribution is -2.60. The fraction of sp³-hybridized carbons (Fsp3) is 0.545. The third-order valence-corrected chi connectivity index (χ3v) is 13.9. The molecule has 2 aliphatic carbocycles. The molecule has 59 heavy (non-hydrogen) atoms. The Morgan fingerprint density at radius 2 is 1.64 bits per heavy atom. The van der Waals surface area contributed by atoms with E-state index in [1.165, 1.54) is 16.5 Å². The number of hydrogen-bond donors (Lipinski definition) is 3. The molecule has 0 unspecified atom stereocenters. The monoisotopic (exact) mass is 827 g/mol. The lowest BCUT2D eigenvalue weighted by atomic mass is 9.85. The Labute approximate surface area is 347 Å². The lowest BCUT2D eigenvalue weighted by Gasteiger charge is -2.36. The van der Waals surface area contributed by atoms with Crippen molar-refractivity contribution in [3.05, 3.63) is 72.8 Å². The van der Waals surface area contributed by atoms with Crippen LogP contribution in [-0.4, -0.2) is 87.1 Å². The molecular formula is C44H57N7O7S. The number of rotatable bonds is 7. The van der Waals surface area contributed by atoms with Gasteiger partial charge in [0.25, 0.3) is 5.91 Å². The average molecular weight is 828 g/mol. The van der Waals surface area contributed by atoms with Crippen LogP contribution in [0.5, 0.6) is 0 Å². The number of alkyl carbamates (subject to hydrolysis) is 1. The van der Waals surface area contributed by atoms with Gasteiger partial charge in [0.05, 0.1) is 11.3 Å². The summed E-state index contributed by atoms with van der Waals surface area (Å²) in [6.45, 7) is 13.0. The van der Waals surface area contributed by atoms with Gasteiger partial charge < -0.3 is 20.3 Å². The molecule has 0 spiro atoms. The number of fused-ring (bicyclic) bond motifs is 8. The second kappa shape index (κ2) is 16.2. The van der Waals surface area contributed by atoms with Crippen molar-refractivity contribution in [2.45, 2.75) is 133 Å². The first-order valence-corrected chi connectivity index (χ1v) is 22.4. The molecule has 4 aliphatic rings. The van der Waals surface area contributed by atoms with Crippen LogP contribution in [0, 0.1) is 11.3 Å². The molecule has 6 bridgehead atoms. The molecule has 5 atom stereocenters. The van der Waals surface area contributed by atoms with E-state index in [1.807, 2.05) is 77.1 Å². The van der Waals surface area contributed by atoms with Crippen LogP contribution < -0.4 is 15.4 Å². The summed E-state index contributed by atoms with van der Waals surface area (Å²) in [6.07, 6.45) is 7.29. The molecule has 2 aliphatic heterocycles. The number of sulfonamides is 1. The summed E-state index contributed by atoms with van der Waals surface area (Å²) >= 11 is 0. The normalized spacial score (nSPS) is 26.4. The molecule has 4 amide bonds. The summed E-state index contributed by atoms with van der Waals surface area (Å²) in [5.74, 6) is -2.51. The van der Waals surface area contributed by atoms with Crippen molar-refractivity contribution in [3.8, 4) is 22.5 Å². The molecule has 1 saturated heterocycles. The molecule has 3 heterocycles. The Kier molecular flexibility index (Phi) is 11.5. The average Bonchev–Trinajstić information content (AvgIpc) is 4.07. The molecule has 14 nitrogen and oxygen atoms in total. The molecule has 2 aromatic carbocycles. The molecule has 1 aromatic heterocycles. The number of amides is 4. The maximum atomic E-state index is 14.9. The first kappa shape index (κ1) is 42.1. The molecule has 3 N–H and O–H groups in total. The first-order valence-electron chi connectivity index (χ1n) is 20.8. The smallest absolute Gasteiger partial charge is 0.408 e. The Morgan fingerprint density at radius 1 is 0.966 bits per heavy atom.